The highest BCUT2D eigenvalue weighted by atomic mass is 16.2. The highest BCUT2D eigenvalue weighted by Gasteiger charge is 2.25. The Labute approximate surface area is 102 Å². The van der Waals surface area contributed by atoms with Crippen LogP contribution in [0, 0.1) is 0 Å². The van der Waals surface area contributed by atoms with Crippen molar-refractivity contribution in [3.63, 3.8) is 0 Å². The second kappa shape index (κ2) is 5.87. The molecule has 1 aromatic heterocycles. The van der Waals surface area contributed by atoms with Crippen molar-refractivity contribution >= 4 is 5.91 Å². The Morgan fingerprint density at radius 1 is 1.59 bits per heavy atom. The number of aromatic nitrogens is 1. The first-order valence-electron chi connectivity index (χ1n) is 6.48. The topological polar surface area (TPSA) is 48.1 Å². The number of rotatable bonds is 4. The van der Waals surface area contributed by atoms with E-state index in [0.717, 1.165) is 38.9 Å². The number of aromatic amines is 1. The number of nitrogens with zero attached hydrogens (tertiary/aromatic N) is 1. The maximum absolute atomic E-state index is 12.4. The first kappa shape index (κ1) is 12.2. The Hall–Kier alpha value is -1.29. The highest BCUT2D eigenvalue weighted by Crippen LogP contribution is 2.14. The fraction of sp³-hybridized carbons (Fsp3) is 0.615. The monoisotopic (exact) mass is 235 g/mol. The lowest BCUT2D eigenvalue weighted by Crippen LogP contribution is -2.49. The second-order valence-corrected chi connectivity index (χ2v) is 4.58. The molecule has 0 saturated carbocycles. The van der Waals surface area contributed by atoms with Crippen LogP contribution in [0.5, 0.6) is 0 Å². The van der Waals surface area contributed by atoms with Crippen LogP contribution in [0.15, 0.2) is 18.3 Å². The van der Waals surface area contributed by atoms with Gasteiger partial charge in [-0.1, -0.05) is 6.92 Å². The molecule has 0 aliphatic carbocycles. The molecule has 1 aliphatic rings. The molecule has 0 aromatic carbocycles. The van der Waals surface area contributed by atoms with Crippen LogP contribution in [0.3, 0.4) is 0 Å². The third-order valence-electron chi connectivity index (χ3n) is 3.27. The number of carbonyl (C=O) groups excluding carboxylic acids is 1. The van der Waals surface area contributed by atoms with Crippen molar-refractivity contribution in [2.24, 2.45) is 0 Å². The van der Waals surface area contributed by atoms with Crippen molar-refractivity contribution in [2.45, 2.75) is 32.2 Å². The molecule has 94 valence electrons. The zero-order valence-corrected chi connectivity index (χ0v) is 10.4. The van der Waals surface area contributed by atoms with Gasteiger partial charge in [0, 0.05) is 25.3 Å². The fourth-order valence-corrected chi connectivity index (χ4v) is 2.41. The molecule has 4 heteroatoms. The summed E-state index contributed by atoms with van der Waals surface area (Å²) in [7, 11) is 0. The summed E-state index contributed by atoms with van der Waals surface area (Å²) in [5, 5.41) is 3.37. The van der Waals surface area contributed by atoms with E-state index in [1.54, 1.807) is 6.20 Å². The van der Waals surface area contributed by atoms with Crippen molar-refractivity contribution in [1.82, 2.24) is 15.2 Å². The minimum atomic E-state index is 0.130. The summed E-state index contributed by atoms with van der Waals surface area (Å²) < 4.78 is 0. The Morgan fingerprint density at radius 3 is 3.06 bits per heavy atom. The van der Waals surface area contributed by atoms with Crippen LogP contribution >= 0.6 is 0 Å². The molecule has 1 saturated heterocycles. The van der Waals surface area contributed by atoms with E-state index >= 15 is 0 Å². The Balaban J connectivity index is 2.07. The fourth-order valence-electron chi connectivity index (χ4n) is 2.41. The summed E-state index contributed by atoms with van der Waals surface area (Å²) >= 11 is 0. The number of H-pyrrole nitrogens is 1. The van der Waals surface area contributed by atoms with Crippen LogP contribution < -0.4 is 5.32 Å². The van der Waals surface area contributed by atoms with Crippen LogP contribution in [0.2, 0.25) is 0 Å². The standard InChI is InChI=1S/C13H21N3O/c1-2-9-16(11-5-3-7-14-10-11)13(17)12-6-4-8-15-12/h4,6,8,11,14-15H,2-3,5,7,9-10H2,1H3. The van der Waals surface area contributed by atoms with Gasteiger partial charge in [-0.3, -0.25) is 4.79 Å². The number of amides is 1. The minimum absolute atomic E-state index is 0.130. The van der Waals surface area contributed by atoms with Gasteiger partial charge >= 0.3 is 0 Å². The van der Waals surface area contributed by atoms with Gasteiger partial charge in [-0.2, -0.15) is 0 Å². The van der Waals surface area contributed by atoms with Gasteiger partial charge in [0.1, 0.15) is 5.69 Å². The van der Waals surface area contributed by atoms with E-state index in [-0.39, 0.29) is 5.91 Å². The number of hydrogen-bond donors (Lipinski definition) is 2. The van der Waals surface area contributed by atoms with Crippen molar-refractivity contribution in [1.29, 1.82) is 0 Å². The molecule has 1 unspecified atom stereocenters. The smallest absolute Gasteiger partial charge is 0.270 e. The van der Waals surface area contributed by atoms with E-state index in [1.165, 1.54) is 0 Å². The van der Waals surface area contributed by atoms with E-state index in [9.17, 15) is 4.79 Å². The maximum atomic E-state index is 12.4. The van der Waals surface area contributed by atoms with Crippen LogP contribution in [0.4, 0.5) is 0 Å². The molecule has 17 heavy (non-hydrogen) atoms. The molecule has 1 aromatic rings. The SMILES string of the molecule is CCCN(C(=O)c1ccc[nH]1)C1CCCNC1. The van der Waals surface area contributed by atoms with Gasteiger partial charge in [-0.15, -0.1) is 0 Å². The maximum Gasteiger partial charge on any atom is 0.270 e. The van der Waals surface area contributed by atoms with Gasteiger partial charge in [0.15, 0.2) is 0 Å². The molecular formula is C13H21N3O. The lowest BCUT2D eigenvalue weighted by molar-refractivity contribution is 0.0643. The summed E-state index contributed by atoms with van der Waals surface area (Å²) in [6, 6.07) is 4.07. The molecule has 2 rings (SSSR count). The second-order valence-electron chi connectivity index (χ2n) is 4.58. The zero-order valence-electron chi connectivity index (χ0n) is 10.4. The first-order chi connectivity index (χ1) is 8.33. The van der Waals surface area contributed by atoms with Crippen LogP contribution in [0.1, 0.15) is 36.7 Å². The van der Waals surface area contributed by atoms with Crippen molar-refractivity contribution in [3.05, 3.63) is 24.0 Å². The van der Waals surface area contributed by atoms with Crippen LogP contribution in [-0.2, 0) is 0 Å². The Morgan fingerprint density at radius 2 is 2.47 bits per heavy atom. The number of nitrogens with one attached hydrogen (secondary N) is 2. The van der Waals surface area contributed by atoms with Gasteiger partial charge in [0.25, 0.3) is 5.91 Å². The molecule has 1 atom stereocenters. The van der Waals surface area contributed by atoms with E-state index in [1.807, 2.05) is 17.0 Å². The van der Waals surface area contributed by atoms with Gasteiger partial charge in [0.2, 0.25) is 0 Å². The predicted octanol–water partition coefficient (Wildman–Crippen LogP) is 1.62. The number of piperidine rings is 1. The lowest BCUT2D eigenvalue weighted by Gasteiger charge is -2.34. The van der Waals surface area contributed by atoms with Gasteiger partial charge in [0.05, 0.1) is 0 Å². The average Bonchev–Trinajstić information content (AvgIpc) is 2.90. The minimum Gasteiger partial charge on any atom is -0.357 e. The zero-order chi connectivity index (χ0) is 12.1. The summed E-state index contributed by atoms with van der Waals surface area (Å²) in [6.07, 6.45) is 5.07. The molecular weight excluding hydrogens is 214 g/mol. The third kappa shape index (κ3) is 2.88. The molecule has 1 aliphatic heterocycles. The van der Waals surface area contributed by atoms with Crippen LogP contribution in [0.25, 0.3) is 0 Å². The molecule has 2 heterocycles. The van der Waals surface area contributed by atoms with Gasteiger partial charge in [-0.05, 0) is 37.9 Å². The van der Waals surface area contributed by atoms with Crippen LogP contribution in [-0.4, -0.2) is 41.5 Å². The summed E-state index contributed by atoms with van der Waals surface area (Å²) in [6.45, 7) is 4.95. The van der Waals surface area contributed by atoms with E-state index in [4.69, 9.17) is 0 Å². The normalized spacial score (nSPS) is 20.2. The average molecular weight is 235 g/mol. The molecule has 4 nitrogen and oxygen atoms in total. The van der Waals surface area contributed by atoms with E-state index in [0.29, 0.717) is 11.7 Å². The molecule has 0 bridgehead atoms. The summed E-state index contributed by atoms with van der Waals surface area (Å²) in [5.41, 5.74) is 0.698. The number of carbonyl (C=O) groups is 1. The van der Waals surface area contributed by atoms with Gasteiger partial charge < -0.3 is 15.2 Å². The summed E-state index contributed by atoms with van der Waals surface area (Å²) in [4.78, 5) is 17.4. The largest absolute Gasteiger partial charge is 0.357 e. The van der Waals surface area contributed by atoms with Crippen molar-refractivity contribution in [3.8, 4) is 0 Å². The molecule has 0 radical (unpaired) electrons. The number of hydrogen-bond acceptors (Lipinski definition) is 2. The van der Waals surface area contributed by atoms with E-state index in [2.05, 4.69) is 17.2 Å². The molecule has 1 fully saturated rings. The third-order valence-corrected chi connectivity index (χ3v) is 3.27. The lowest BCUT2D eigenvalue weighted by atomic mass is 10.1. The first-order valence-corrected chi connectivity index (χ1v) is 6.48. The van der Waals surface area contributed by atoms with Crippen molar-refractivity contribution < 1.29 is 4.79 Å². The summed E-state index contributed by atoms with van der Waals surface area (Å²) in [5.74, 6) is 0.130. The van der Waals surface area contributed by atoms with Crippen molar-refractivity contribution in [2.75, 3.05) is 19.6 Å². The Kier molecular flexibility index (Phi) is 4.20. The molecule has 2 N–H and O–H groups in total. The highest BCUT2D eigenvalue weighted by molar-refractivity contribution is 5.92. The quantitative estimate of drug-likeness (QED) is 0.833. The van der Waals surface area contributed by atoms with Gasteiger partial charge in [-0.25, -0.2) is 0 Å². The Bertz CT molecular complexity index is 342. The van der Waals surface area contributed by atoms with E-state index < -0.39 is 0 Å². The molecule has 1 amide bonds. The predicted molar refractivity (Wildman–Crippen MR) is 68.0 cm³/mol. The molecule has 0 spiro atoms.